The summed E-state index contributed by atoms with van der Waals surface area (Å²) in [5.41, 5.74) is 1.85. The minimum absolute atomic E-state index is 0.0161. The number of carbonyl (C=O) groups is 4. The number of aliphatic hydroxyl groups excluding tert-OH is 2. The van der Waals surface area contributed by atoms with Crippen molar-refractivity contribution in [2.24, 2.45) is 0 Å². The minimum Gasteiger partial charge on any atom is -0.507 e. The molecule has 6 atom stereocenters. The standard InChI is InChI=1S/C36H38N2O12/c1-16-5-4-6-20-25(16)32(44)27-26(30(20)42)31(43)21-12-36(47,23(40)13-39)15-35(3,28(21)33(27)45)50-24-11-22(29(41)17(2)49-24)38-34(46)48-14-18-7-9-19(37)10-8-18/h4-10,17,22,24,29,39,41,43,45,47H,11-15,37H2,1-3H3,(H,38,46)/t17-,22?,24-,29+,35-,36-/m0/s1. The van der Waals surface area contributed by atoms with Gasteiger partial charge in [-0.3, -0.25) is 14.4 Å². The number of aryl methyl sites for hydroxylation is 1. The van der Waals surface area contributed by atoms with Crippen LogP contribution in [-0.2, 0) is 37.6 Å². The highest BCUT2D eigenvalue weighted by molar-refractivity contribution is 6.31. The molecule has 3 aromatic carbocycles. The smallest absolute Gasteiger partial charge is 0.407 e. The molecule has 1 amide bonds. The Hall–Kier alpha value is -4.86. The number of Topliss-reactive ketones (excluding diaryl/α,β-unsaturated/α-hetero) is 1. The quantitative estimate of drug-likeness (QED) is 0.109. The van der Waals surface area contributed by atoms with Crippen molar-refractivity contribution >= 4 is 29.1 Å². The number of alkyl carbamates (subject to hydrolysis) is 1. The van der Waals surface area contributed by atoms with Crippen molar-refractivity contribution in [3.63, 3.8) is 0 Å². The third-order valence-corrected chi connectivity index (χ3v) is 9.79. The van der Waals surface area contributed by atoms with E-state index in [-0.39, 0.29) is 35.3 Å². The summed E-state index contributed by atoms with van der Waals surface area (Å²) < 4.78 is 17.6. The summed E-state index contributed by atoms with van der Waals surface area (Å²) in [6, 6.07) is 10.4. The maximum Gasteiger partial charge on any atom is 0.407 e. The molecule has 0 bridgehead atoms. The van der Waals surface area contributed by atoms with Gasteiger partial charge >= 0.3 is 6.09 Å². The van der Waals surface area contributed by atoms with Crippen LogP contribution in [0.25, 0.3) is 0 Å². The summed E-state index contributed by atoms with van der Waals surface area (Å²) in [5.74, 6) is -3.89. The average molecular weight is 691 g/mol. The number of amides is 1. The van der Waals surface area contributed by atoms with Gasteiger partial charge in [0.1, 0.15) is 42.0 Å². The topological polar surface area (TPSA) is 235 Å². The number of rotatable bonds is 7. The molecule has 0 spiro atoms. The lowest BCUT2D eigenvalue weighted by atomic mass is 9.67. The second-order valence-electron chi connectivity index (χ2n) is 13.3. The van der Waals surface area contributed by atoms with Crippen LogP contribution < -0.4 is 11.1 Å². The largest absolute Gasteiger partial charge is 0.507 e. The number of carbonyl (C=O) groups excluding carboxylic acids is 4. The number of ketones is 3. The van der Waals surface area contributed by atoms with Crippen LogP contribution in [0.15, 0.2) is 42.5 Å². The van der Waals surface area contributed by atoms with Crippen LogP contribution in [0.3, 0.4) is 0 Å². The molecule has 8 N–H and O–H groups in total. The second-order valence-corrected chi connectivity index (χ2v) is 13.3. The van der Waals surface area contributed by atoms with E-state index in [4.69, 9.17) is 19.9 Å². The second kappa shape index (κ2) is 12.8. The number of nitrogen functional groups attached to an aromatic ring is 1. The van der Waals surface area contributed by atoms with E-state index in [9.17, 15) is 44.7 Å². The Kier molecular flexibility index (Phi) is 8.95. The van der Waals surface area contributed by atoms with Crippen molar-refractivity contribution in [3.05, 3.63) is 87.0 Å². The first-order valence-electron chi connectivity index (χ1n) is 16.0. The molecule has 0 saturated carbocycles. The molecule has 1 aliphatic heterocycles. The molecule has 1 saturated heterocycles. The van der Waals surface area contributed by atoms with E-state index in [0.717, 1.165) is 0 Å². The molecule has 0 aromatic heterocycles. The fourth-order valence-electron chi connectivity index (χ4n) is 7.34. The number of anilines is 1. The van der Waals surface area contributed by atoms with Crippen molar-refractivity contribution in [1.29, 1.82) is 0 Å². The van der Waals surface area contributed by atoms with Crippen molar-refractivity contribution in [3.8, 4) is 11.5 Å². The van der Waals surface area contributed by atoms with Crippen LogP contribution in [-0.4, -0.2) is 85.7 Å². The van der Waals surface area contributed by atoms with Crippen LogP contribution in [0.4, 0.5) is 10.5 Å². The van der Waals surface area contributed by atoms with Crippen LogP contribution in [0.1, 0.15) is 80.8 Å². The van der Waals surface area contributed by atoms with E-state index in [0.29, 0.717) is 16.8 Å². The zero-order valence-corrected chi connectivity index (χ0v) is 27.6. The lowest BCUT2D eigenvalue weighted by Gasteiger charge is -2.47. The number of phenolic OH excluding ortho intramolecular Hbond substituents is 2. The minimum atomic E-state index is -2.35. The predicted octanol–water partition coefficient (Wildman–Crippen LogP) is 2.03. The average Bonchev–Trinajstić information content (AvgIpc) is 3.06. The van der Waals surface area contributed by atoms with Gasteiger partial charge in [-0.2, -0.15) is 0 Å². The number of hydrogen-bond donors (Lipinski definition) is 7. The van der Waals surface area contributed by atoms with Gasteiger partial charge in [-0.05, 0) is 44.0 Å². The maximum atomic E-state index is 13.9. The van der Waals surface area contributed by atoms with Gasteiger partial charge in [-0.25, -0.2) is 4.79 Å². The SMILES string of the molecule is Cc1cccc2c1C(=O)c1c(O)c3c(c(O)c1C2=O)C[C@@](O)(C(=O)CO)C[C@]3(C)O[C@H]1CC(NC(=O)OCc2ccc(N)cc2)[C@H](O)[C@H](C)O1. The summed E-state index contributed by atoms with van der Waals surface area (Å²) in [6.07, 6.45) is -5.63. The number of nitrogens with one attached hydrogen (secondary N) is 1. The molecule has 3 aliphatic rings. The molecular weight excluding hydrogens is 652 g/mol. The molecule has 14 nitrogen and oxygen atoms in total. The predicted molar refractivity (Wildman–Crippen MR) is 175 cm³/mol. The summed E-state index contributed by atoms with van der Waals surface area (Å²) >= 11 is 0. The first-order valence-corrected chi connectivity index (χ1v) is 16.0. The number of aliphatic hydroxyl groups is 3. The number of benzene rings is 3. The van der Waals surface area contributed by atoms with Gasteiger partial charge in [-0.1, -0.05) is 30.3 Å². The first-order chi connectivity index (χ1) is 23.6. The Labute approximate surface area is 286 Å². The van der Waals surface area contributed by atoms with Crippen LogP contribution in [0, 0.1) is 6.92 Å². The van der Waals surface area contributed by atoms with Gasteiger partial charge in [0.05, 0.1) is 23.3 Å². The Morgan fingerprint density at radius 1 is 1.04 bits per heavy atom. The number of phenols is 2. The van der Waals surface area contributed by atoms with Crippen molar-refractivity contribution in [2.75, 3.05) is 12.3 Å². The molecule has 2 aliphatic carbocycles. The highest BCUT2D eigenvalue weighted by atomic mass is 16.7. The third kappa shape index (κ3) is 5.88. The molecule has 1 unspecified atom stereocenters. The van der Waals surface area contributed by atoms with Crippen LogP contribution in [0.2, 0.25) is 0 Å². The Morgan fingerprint density at radius 3 is 2.40 bits per heavy atom. The molecule has 3 aromatic rings. The van der Waals surface area contributed by atoms with E-state index in [1.54, 1.807) is 43.3 Å². The first kappa shape index (κ1) is 35.0. The van der Waals surface area contributed by atoms with Crippen LogP contribution >= 0.6 is 0 Å². The van der Waals surface area contributed by atoms with E-state index >= 15 is 0 Å². The van der Waals surface area contributed by atoms with E-state index in [2.05, 4.69) is 5.32 Å². The number of fused-ring (bicyclic) bond motifs is 3. The van der Waals surface area contributed by atoms with Crippen molar-refractivity contribution < 1.29 is 58.9 Å². The highest BCUT2D eigenvalue weighted by Gasteiger charge is 2.55. The monoisotopic (exact) mass is 690 g/mol. The molecule has 264 valence electrons. The molecule has 0 radical (unpaired) electrons. The molecule has 14 heteroatoms. The maximum absolute atomic E-state index is 13.9. The Balaban J connectivity index is 1.35. The Morgan fingerprint density at radius 2 is 1.72 bits per heavy atom. The zero-order valence-electron chi connectivity index (χ0n) is 27.6. The van der Waals surface area contributed by atoms with Gasteiger partial charge < -0.3 is 50.8 Å². The van der Waals surface area contributed by atoms with Gasteiger partial charge in [0.25, 0.3) is 0 Å². The van der Waals surface area contributed by atoms with E-state index < -0.39 is 101 Å². The molecule has 1 fully saturated rings. The fourth-order valence-corrected chi connectivity index (χ4v) is 7.34. The van der Waals surface area contributed by atoms with Crippen LogP contribution in [0.5, 0.6) is 11.5 Å². The summed E-state index contributed by atoms with van der Waals surface area (Å²) in [5, 5.41) is 58.3. The lowest BCUT2D eigenvalue weighted by Crippen LogP contribution is -2.58. The highest BCUT2D eigenvalue weighted by Crippen LogP contribution is 2.54. The molecule has 1 heterocycles. The van der Waals surface area contributed by atoms with Crippen molar-refractivity contribution in [2.45, 2.75) is 82.4 Å². The summed E-state index contributed by atoms with van der Waals surface area (Å²) in [4.78, 5) is 53.3. The molecular formula is C36H38N2O12. The fraction of sp³-hybridized carbons (Fsp3) is 0.389. The number of nitrogens with two attached hydrogens (primary N) is 1. The number of hydrogen-bond acceptors (Lipinski definition) is 13. The summed E-state index contributed by atoms with van der Waals surface area (Å²) in [6.45, 7) is 3.40. The van der Waals surface area contributed by atoms with Crippen molar-refractivity contribution in [1.82, 2.24) is 5.32 Å². The van der Waals surface area contributed by atoms with Gasteiger partial charge in [-0.15, -0.1) is 0 Å². The number of aromatic hydroxyl groups is 2. The van der Waals surface area contributed by atoms with E-state index in [1.807, 2.05) is 0 Å². The molecule has 50 heavy (non-hydrogen) atoms. The summed E-state index contributed by atoms with van der Waals surface area (Å²) in [7, 11) is 0. The normalized spacial score (nSPS) is 27.2. The lowest BCUT2D eigenvalue weighted by molar-refractivity contribution is -0.275. The van der Waals surface area contributed by atoms with Gasteiger partial charge in [0.2, 0.25) is 0 Å². The third-order valence-electron chi connectivity index (χ3n) is 9.79. The Bertz CT molecular complexity index is 1910. The molecule has 6 rings (SSSR count). The van der Waals surface area contributed by atoms with Gasteiger partial charge in [0, 0.05) is 47.2 Å². The number of ether oxygens (including phenoxy) is 3. The zero-order chi connectivity index (χ0) is 36.3. The van der Waals surface area contributed by atoms with Gasteiger partial charge in [0.15, 0.2) is 23.6 Å². The van der Waals surface area contributed by atoms with E-state index in [1.165, 1.54) is 19.9 Å².